The molecule has 2 rings (SSSR count). The van der Waals surface area contributed by atoms with E-state index in [0.717, 1.165) is 23.0 Å². The van der Waals surface area contributed by atoms with Crippen molar-refractivity contribution in [2.24, 2.45) is 0 Å². The summed E-state index contributed by atoms with van der Waals surface area (Å²) in [7, 11) is 0. The van der Waals surface area contributed by atoms with Gasteiger partial charge in [-0.15, -0.1) is 0 Å². The van der Waals surface area contributed by atoms with Gasteiger partial charge in [0, 0.05) is 15.7 Å². The molecule has 1 amide bonds. The molecule has 98 valence electrons. The molecule has 19 heavy (non-hydrogen) atoms. The van der Waals surface area contributed by atoms with Crippen LogP contribution in [0.15, 0.2) is 53.0 Å². The van der Waals surface area contributed by atoms with Gasteiger partial charge in [0.05, 0.1) is 0 Å². The number of halogens is 1. The van der Waals surface area contributed by atoms with Crippen molar-refractivity contribution in [3.63, 3.8) is 0 Å². The van der Waals surface area contributed by atoms with Crippen molar-refractivity contribution < 1.29 is 4.79 Å². The Labute approximate surface area is 122 Å². The van der Waals surface area contributed by atoms with Crippen molar-refractivity contribution in [3.05, 3.63) is 64.1 Å². The van der Waals surface area contributed by atoms with Crippen molar-refractivity contribution >= 4 is 27.5 Å². The molecule has 0 saturated carbocycles. The van der Waals surface area contributed by atoms with E-state index in [4.69, 9.17) is 0 Å². The van der Waals surface area contributed by atoms with Gasteiger partial charge >= 0.3 is 0 Å². The summed E-state index contributed by atoms with van der Waals surface area (Å²) in [5.74, 6) is -0.0873. The number of rotatable bonds is 4. The third kappa shape index (κ3) is 3.93. The van der Waals surface area contributed by atoms with Crippen LogP contribution < -0.4 is 5.32 Å². The van der Waals surface area contributed by atoms with E-state index < -0.39 is 0 Å². The molecule has 2 aromatic carbocycles. The SMILES string of the molecule is CCCc1ccc(NC(=O)c2ccc(Br)cc2)cc1. The summed E-state index contributed by atoms with van der Waals surface area (Å²) in [5.41, 5.74) is 2.78. The number of carbonyl (C=O) groups is 1. The van der Waals surface area contributed by atoms with Crippen LogP contribution in [0.1, 0.15) is 29.3 Å². The van der Waals surface area contributed by atoms with E-state index in [-0.39, 0.29) is 5.91 Å². The number of hydrogen-bond acceptors (Lipinski definition) is 1. The quantitative estimate of drug-likeness (QED) is 0.873. The fourth-order valence-corrected chi connectivity index (χ4v) is 2.11. The summed E-state index contributed by atoms with van der Waals surface area (Å²) < 4.78 is 0.966. The first-order chi connectivity index (χ1) is 9.19. The fourth-order valence-electron chi connectivity index (χ4n) is 1.85. The molecule has 0 aromatic heterocycles. The number of carbonyl (C=O) groups excluding carboxylic acids is 1. The lowest BCUT2D eigenvalue weighted by Gasteiger charge is -2.06. The van der Waals surface area contributed by atoms with Crippen LogP contribution in [-0.2, 0) is 6.42 Å². The first kappa shape index (κ1) is 13.8. The summed E-state index contributed by atoms with van der Waals surface area (Å²) in [6.45, 7) is 2.16. The van der Waals surface area contributed by atoms with Gasteiger partial charge in [0.15, 0.2) is 0 Å². The highest BCUT2D eigenvalue weighted by Gasteiger charge is 2.05. The monoisotopic (exact) mass is 317 g/mol. The molecule has 0 fully saturated rings. The van der Waals surface area contributed by atoms with Crippen LogP contribution in [0, 0.1) is 0 Å². The van der Waals surface area contributed by atoms with Gasteiger partial charge in [-0.25, -0.2) is 0 Å². The van der Waals surface area contributed by atoms with Gasteiger partial charge in [-0.2, -0.15) is 0 Å². The number of benzene rings is 2. The average molecular weight is 318 g/mol. The third-order valence-corrected chi connectivity index (χ3v) is 3.39. The van der Waals surface area contributed by atoms with Crippen molar-refractivity contribution in [1.82, 2.24) is 0 Å². The van der Waals surface area contributed by atoms with E-state index in [1.807, 2.05) is 24.3 Å². The third-order valence-electron chi connectivity index (χ3n) is 2.86. The van der Waals surface area contributed by atoms with Crippen LogP contribution in [0.5, 0.6) is 0 Å². The normalized spacial score (nSPS) is 10.2. The van der Waals surface area contributed by atoms with Crippen molar-refractivity contribution in [1.29, 1.82) is 0 Å². The number of anilines is 1. The minimum Gasteiger partial charge on any atom is -0.322 e. The molecule has 3 heteroatoms. The maximum absolute atomic E-state index is 12.0. The Bertz CT molecular complexity index is 546. The molecule has 0 saturated heterocycles. The Morgan fingerprint density at radius 2 is 1.68 bits per heavy atom. The maximum Gasteiger partial charge on any atom is 0.255 e. The van der Waals surface area contributed by atoms with Gasteiger partial charge in [0.2, 0.25) is 0 Å². The molecule has 2 nitrogen and oxygen atoms in total. The van der Waals surface area contributed by atoms with Crippen LogP contribution in [-0.4, -0.2) is 5.91 Å². The zero-order valence-electron chi connectivity index (χ0n) is 10.8. The minimum atomic E-state index is -0.0873. The molecule has 0 aliphatic rings. The summed E-state index contributed by atoms with van der Waals surface area (Å²) in [6, 6.07) is 15.3. The second kappa shape index (κ2) is 6.53. The first-order valence-electron chi connectivity index (χ1n) is 6.35. The molecule has 0 atom stereocenters. The van der Waals surface area contributed by atoms with Gasteiger partial charge in [-0.3, -0.25) is 4.79 Å². The second-order valence-electron chi connectivity index (χ2n) is 4.41. The van der Waals surface area contributed by atoms with Gasteiger partial charge in [-0.05, 0) is 48.4 Å². The lowest BCUT2D eigenvalue weighted by Crippen LogP contribution is -2.11. The van der Waals surface area contributed by atoms with Crippen LogP contribution in [0.4, 0.5) is 5.69 Å². The maximum atomic E-state index is 12.0. The lowest BCUT2D eigenvalue weighted by molar-refractivity contribution is 0.102. The number of amides is 1. The zero-order valence-corrected chi connectivity index (χ0v) is 12.4. The Kier molecular flexibility index (Phi) is 4.74. The minimum absolute atomic E-state index is 0.0873. The summed E-state index contributed by atoms with van der Waals surface area (Å²) in [5, 5.41) is 2.89. The fraction of sp³-hybridized carbons (Fsp3) is 0.188. The topological polar surface area (TPSA) is 29.1 Å². The molecule has 0 bridgehead atoms. The van der Waals surface area contributed by atoms with Crippen molar-refractivity contribution in [2.45, 2.75) is 19.8 Å². The van der Waals surface area contributed by atoms with E-state index >= 15 is 0 Å². The van der Waals surface area contributed by atoms with Gasteiger partial charge in [0.25, 0.3) is 5.91 Å². The Hall–Kier alpha value is -1.61. The van der Waals surface area contributed by atoms with E-state index in [0.29, 0.717) is 5.56 Å². The highest BCUT2D eigenvalue weighted by atomic mass is 79.9. The highest BCUT2D eigenvalue weighted by Crippen LogP contribution is 2.14. The lowest BCUT2D eigenvalue weighted by atomic mass is 10.1. The molecule has 0 aliphatic heterocycles. The number of hydrogen-bond donors (Lipinski definition) is 1. The molecule has 0 radical (unpaired) electrons. The van der Waals surface area contributed by atoms with Crippen LogP contribution >= 0.6 is 15.9 Å². The molecular formula is C16H16BrNO. The predicted octanol–water partition coefficient (Wildman–Crippen LogP) is 4.65. The van der Waals surface area contributed by atoms with Crippen LogP contribution in [0.25, 0.3) is 0 Å². The van der Waals surface area contributed by atoms with Crippen LogP contribution in [0.2, 0.25) is 0 Å². The Morgan fingerprint density at radius 3 is 2.26 bits per heavy atom. The van der Waals surface area contributed by atoms with Gasteiger partial charge in [0.1, 0.15) is 0 Å². The number of nitrogens with one attached hydrogen (secondary N) is 1. The molecule has 0 spiro atoms. The van der Waals surface area contributed by atoms with Crippen LogP contribution in [0.3, 0.4) is 0 Å². The molecule has 0 aliphatic carbocycles. The molecule has 2 aromatic rings. The largest absolute Gasteiger partial charge is 0.322 e. The standard InChI is InChI=1S/C16H16BrNO/c1-2-3-12-4-10-15(11-5-12)18-16(19)13-6-8-14(17)9-7-13/h4-11H,2-3H2,1H3,(H,18,19). The molecule has 0 heterocycles. The van der Waals surface area contributed by atoms with Gasteiger partial charge in [-0.1, -0.05) is 41.4 Å². The second-order valence-corrected chi connectivity index (χ2v) is 5.32. The molecular weight excluding hydrogens is 302 g/mol. The average Bonchev–Trinajstić information content (AvgIpc) is 2.42. The summed E-state index contributed by atoms with van der Waals surface area (Å²) in [4.78, 5) is 12.0. The van der Waals surface area contributed by atoms with Crippen molar-refractivity contribution in [2.75, 3.05) is 5.32 Å². The van der Waals surface area contributed by atoms with E-state index in [1.165, 1.54) is 5.56 Å². The first-order valence-corrected chi connectivity index (χ1v) is 7.14. The Balaban J connectivity index is 2.04. The Morgan fingerprint density at radius 1 is 1.05 bits per heavy atom. The predicted molar refractivity (Wildman–Crippen MR) is 82.5 cm³/mol. The summed E-state index contributed by atoms with van der Waals surface area (Å²) in [6.07, 6.45) is 2.20. The van der Waals surface area contributed by atoms with Gasteiger partial charge < -0.3 is 5.32 Å². The molecule has 0 unspecified atom stereocenters. The van der Waals surface area contributed by atoms with Crippen molar-refractivity contribution in [3.8, 4) is 0 Å². The zero-order chi connectivity index (χ0) is 13.7. The van der Waals surface area contributed by atoms with E-state index in [9.17, 15) is 4.79 Å². The highest BCUT2D eigenvalue weighted by molar-refractivity contribution is 9.10. The molecule has 1 N–H and O–H groups in total. The van der Waals surface area contributed by atoms with E-state index in [1.54, 1.807) is 12.1 Å². The number of aryl methyl sites for hydroxylation is 1. The smallest absolute Gasteiger partial charge is 0.255 e. The van der Waals surface area contributed by atoms with E-state index in [2.05, 4.69) is 40.3 Å². The summed E-state index contributed by atoms with van der Waals surface area (Å²) >= 11 is 3.35.